The van der Waals surface area contributed by atoms with Gasteiger partial charge in [0.15, 0.2) is 12.0 Å². The van der Waals surface area contributed by atoms with E-state index in [0.717, 1.165) is 44.5 Å². The van der Waals surface area contributed by atoms with Crippen LogP contribution in [-0.4, -0.2) is 31.7 Å². The molecule has 0 spiro atoms. The molecule has 0 saturated carbocycles. The Bertz CT molecular complexity index is 1260. The van der Waals surface area contributed by atoms with Gasteiger partial charge in [-0.15, -0.1) is 0 Å². The minimum atomic E-state index is -4.61. The number of nitrogens with zero attached hydrogens (tertiary/aromatic N) is 2. The van der Waals surface area contributed by atoms with Crippen molar-refractivity contribution in [2.75, 3.05) is 24.6 Å². The number of halogens is 3. The number of hydrogen-bond acceptors (Lipinski definition) is 3. The van der Waals surface area contributed by atoms with E-state index in [0.29, 0.717) is 23.1 Å². The van der Waals surface area contributed by atoms with E-state index in [1.165, 1.54) is 19.1 Å². The van der Waals surface area contributed by atoms with Gasteiger partial charge in [0.1, 0.15) is 5.75 Å². The van der Waals surface area contributed by atoms with Crippen LogP contribution in [0.4, 0.5) is 18.9 Å². The van der Waals surface area contributed by atoms with Crippen molar-refractivity contribution in [3.8, 4) is 5.75 Å². The van der Waals surface area contributed by atoms with Crippen LogP contribution < -0.4 is 14.2 Å². The first-order chi connectivity index (χ1) is 18.2. The third-order valence-electron chi connectivity index (χ3n) is 6.60. The SMILES string of the molecule is CCCCCCOc1cc(N(CC)CC)ccc1/C(=C/c1cc[n+](CC(C)=O)c2ccccc12)C(F)(F)F. The Hall–Kier alpha value is -3.35. The van der Waals surface area contributed by atoms with E-state index in [4.69, 9.17) is 4.74 Å². The lowest BCUT2D eigenvalue weighted by Gasteiger charge is -2.24. The van der Waals surface area contributed by atoms with Crippen molar-refractivity contribution in [3.63, 3.8) is 0 Å². The summed E-state index contributed by atoms with van der Waals surface area (Å²) in [4.78, 5) is 13.8. The Morgan fingerprint density at radius 1 is 1.00 bits per heavy atom. The molecule has 7 heteroatoms. The molecule has 0 N–H and O–H groups in total. The van der Waals surface area contributed by atoms with Gasteiger partial charge in [0.25, 0.3) is 0 Å². The minimum absolute atomic E-state index is 0.0217. The molecule has 1 heterocycles. The maximum absolute atomic E-state index is 14.6. The van der Waals surface area contributed by atoms with Gasteiger partial charge in [-0.2, -0.15) is 17.7 Å². The van der Waals surface area contributed by atoms with Crippen LogP contribution >= 0.6 is 0 Å². The molecule has 0 saturated heterocycles. The van der Waals surface area contributed by atoms with Gasteiger partial charge in [-0.05, 0) is 50.1 Å². The van der Waals surface area contributed by atoms with E-state index in [2.05, 4.69) is 11.8 Å². The van der Waals surface area contributed by atoms with Crippen LogP contribution in [-0.2, 0) is 11.3 Å². The summed E-state index contributed by atoms with van der Waals surface area (Å²) in [5.74, 6) is 0.204. The number of carbonyl (C=O) groups is 1. The number of hydrogen-bond donors (Lipinski definition) is 0. The zero-order valence-corrected chi connectivity index (χ0v) is 22.8. The summed E-state index contributed by atoms with van der Waals surface area (Å²) >= 11 is 0. The summed E-state index contributed by atoms with van der Waals surface area (Å²) in [7, 11) is 0. The number of ether oxygens (including phenoxy) is 1. The summed E-state index contributed by atoms with van der Waals surface area (Å²) in [6.07, 6.45) is 2.14. The molecule has 3 aromatic rings. The molecule has 0 unspecified atom stereocenters. The molecule has 204 valence electrons. The molecule has 38 heavy (non-hydrogen) atoms. The average molecular weight is 528 g/mol. The Morgan fingerprint density at radius 3 is 2.39 bits per heavy atom. The molecule has 0 atom stereocenters. The number of benzene rings is 2. The number of anilines is 1. The van der Waals surface area contributed by atoms with Crippen LogP contribution in [0.3, 0.4) is 0 Å². The molecular formula is C31H38F3N2O2+. The molecule has 2 aromatic carbocycles. The van der Waals surface area contributed by atoms with Gasteiger partial charge in [-0.1, -0.05) is 38.3 Å². The summed E-state index contributed by atoms with van der Waals surface area (Å²) in [5.41, 5.74) is 1.21. The predicted molar refractivity (Wildman–Crippen MR) is 148 cm³/mol. The van der Waals surface area contributed by atoms with Gasteiger partial charge in [-0.3, -0.25) is 4.79 Å². The molecule has 0 fully saturated rings. The molecule has 4 nitrogen and oxygen atoms in total. The number of pyridine rings is 1. The van der Waals surface area contributed by atoms with Gasteiger partial charge in [0.05, 0.1) is 17.6 Å². The smallest absolute Gasteiger partial charge is 0.417 e. The first kappa shape index (κ1) is 29.2. The van der Waals surface area contributed by atoms with E-state index in [1.807, 2.05) is 26.0 Å². The number of rotatable bonds is 13. The van der Waals surface area contributed by atoms with Crippen LogP contribution in [0.15, 0.2) is 54.7 Å². The number of alkyl halides is 3. The largest absolute Gasteiger partial charge is 0.493 e. The molecule has 0 radical (unpaired) electrons. The average Bonchev–Trinajstić information content (AvgIpc) is 2.88. The number of Topliss-reactive ketones (excluding diaryl/α,β-unsaturated/α-hetero) is 1. The van der Waals surface area contributed by atoms with E-state index in [1.54, 1.807) is 41.1 Å². The normalized spacial score (nSPS) is 12.1. The fraction of sp³-hybridized carbons (Fsp3) is 0.419. The van der Waals surface area contributed by atoms with Gasteiger partial charge < -0.3 is 9.64 Å². The maximum atomic E-state index is 14.6. The van der Waals surface area contributed by atoms with Gasteiger partial charge >= 0.3 is 6.18 Å². The number of allylic oxidation sites excluding steroid dienone is 1. The quantitative estimate of drug-likeness (QED) is 0.169. The Morgan fingerprint density at radius 2 is 1.74 bits per heavy atom. The summed E-state index contributed by atoms with van der Waals surface area (Å²) < 4.78 is 51.6. The van der Waals surface area contributed by atoms with Crippen molar-refractivity contribution in [1.82, 2.24) is 0 Å². The van der Waals surface area contributed by atoms with E-state index < -0.39 is 11.7 Å². The highest BCUT2D eigenvalue weighted by Crippen LogP contribution is 2.41. The Balaban J connectivity index is 2.14. The van der Waals surface area contributed by atoms with Crippen LogP contribution in [0.2, 0.25) is 0 Å². The van der Waals surface area contributed by atoms with E-state index in [-0.39, 0.29) is 23.6 Å². The summed E-state index contributed by atoms with van der Waals surface area (Å²) in [6, 6.07) is 13.8. The van der Waals surface area contributed by atoms with Crippen molar-refractivity contribution < 1.29 is 27.3 Å². The van der Waals surface area contributed by atoms with Gasteiger partial charge in [0.2, 0.25) is 12.1 Å². The predicted octanol–water partition coefficient (Wildman–Crippen LogP) is 7.62. The number of ketones is 1. The van der Waals surface area contributed by atoms with Crippen molar-refractivity contribution in [3.05, 3.63) is 65.9 Å². The molecule has 0 amide bonds. The zero-order valence-electron chi connectivity index (χ0n) is 22.8. The first-order valence-corrected chi connectivity index (χ1v) is 13.4. The number of carbonyl (C=O) groups excluding carboxylic acids is 1. The van der Waals surface area contributed by atoms with Crippen LogP contribution in [0.5, 0.6) is 5.75 Å². The molecule has 0 bridgehead atoms. The molecule has 0 aliphatic carbocycles. The van der Waals surface area contributed by atoms with Gasteiger partial charge in [-0.25, -0.2) is 0 Å². The highest BCUT2D eigenvalue weighted by atomic mass is 19.4. The number of para-hydroxylation sites is 1. The highest BCUT2D eigenvalue weighted by molar-refractivity contribution is 5.95. The van der Waals surface area contributed by atoms with Crippen LogP contribution in [0.25, 0.3) is 22.6 Å². The topological polar surface area (TPSA) is 33.4 Å². The Kier molecular flexibility index (Phi) is 10.3. The zero-order chi connectivity index (χ0) is 27.7. The fourth-order valence-corrected chi connectivity index (χ4v) is 4.63. The van der Waals surface area contributed by atoms with Crippen molar-refractivity contribution in [1.29, 1.82) is 0 Å². The van der Waals surface area contributed by atoms with Crippen molar-refractivity contribution >= 4 is 34.0 Å². The molecular weight excluding hydrogens is 489 g/mol. The standard InChI is InChI=1S/C31H38F3N2O2/c1-5-8-9-12-19-38-30-21-25(35(6-2)7-3)15-16-27(30)28(31(32,33)34)20-24-17-18-36(22-23(4)37)29-14-11-10-13-26(24)29/h10-11,13-18,20-21H,5-9,12,19,22H2,1-4H3/q+1. The number of unbranched alkanes of at least 4 members (excludes halogenated alkanes) is 3. The lowest BCUT2D eigenvalue weighted by Crippen LogP contribution is -2.37. The number of aromatic nitrogens is 1. The van der Waals surface area contributed by atoms with Crippen LogP contribution in [0.1, 0.15) is 64.5 Å². The third-order valence-corrected chi connectivity index (χ3v) is 6.60. The monoisotopic (exact) mass is 527 g/mol. The molecule has 3 rings (SSSR count). The molecule has 1 aromatic heterocycles. The molecule has 0 aliphatic rings. The fourth-order valence-electron chi connectivity index (χ4n) is 4.63. The van der Waals surface area contributed by atoms with E-state index >= 15 is 0 Å². The van der Waals surface area contributed by atoms with Crippen molar-refractivity contribution in [2.45, 2.75) is 66.1 Å². The maximum Gasteiger partial charge on any atom is 0.417 e. The van der Waals surface area contributed by atoms with E-state index in [9.17, 15) is 18.0 Å². The third kappa shape index (κ3) is 7.36. The number of fused-ring (bicyclic) bond motifs is 1. The first-order valence-electron chi connectivity index (χ1n) is 13.4. The summed E-state index contributed by atoms with van der Waals surface area (Å²) in [6.45, 7) is 9.63. The second-order valence-electron chi connectivity index (χ2n) is 9.44. The lowest BCUT2D eigenvalue weighted by atomic mass is 9.98. The summed E-state index contributed by atoms with van der Waals surface area (Å²) in [5, 5.41) is 0.639. The van der Waals surface area contributed by atoms with Crippen LogP contribution in [0, 0.1) is 0 Å². The lowest BCUT2D eigenvalue weighted by molar-refractivity contribution is -0.658. The second kappa shape index (κ2) is 13.4. The molecule has 0 aliphatic heterocycles. The highest BCUT2D eigenvalue weighted by Gasteiger charge is 2.37. The second-order valence-corrected chi connectivity index (χ2v) is 9.44. The Labute approximate surface area is 223 Å². The minimum Gasteiger partial charge on any atom is -0.493 e. The van der Waals surface area contributed by atoms with Crippen molar-refractivity contribution in [2.24, 2.45) is 0 Å². The van der Waals surface area contributed by atoms with Gasteiger partial charge in [0, 0.05) is 49.5 Å².